The van der Waals surface area contributed by atoms with Crippen LogP contribution in [0, 0.1) is 0 Å². The summed E-state index contributed by atoms with van der Waals surface area (Å²) in [5.41, 5.74) is 8.50. The van der Waals surface area contributed by atoms with E-state index in [1.165, 1.54) is 12.1 Å². The summed E-state index contributed by atoms with van der Waals surface area (Å²) in [4.78, 5) is 8.47. The van der Waals surface area contributed by atoms with Gasteiger partial charge < -0.3 is 15.5 Å². The highest BCUT2D eigenvalue weighted by Gasteiger charge is 2.31. The van der Waals surface area contributed by atoms with Crippen LogP contribution in [-0.4, -0.2) is 42.5 Å². The zero-order valence-corrected chi connectivity index (χ0v) is 15.7. The minimum Gasteiger partial charge on any atom is -0.375 e. The van der Waals surface area contributed by atoms with E-state index in [0.717, 1.165) is 17.4 Å². The second-order valence-electron chi connectivity index (χ2n) is 6.21. The molecule has 0 spiro atoms. The number of aromatic nitrogens is 1. The summed E-state index contributed by atoms with van der Waals surface area (Å²) >= 11 is 4.66. The molecular weight excluding hydrogens is 389 g/mol. The van der Waals surface area contributed by atoms with Crippen LogP contribution in [0.2, 0.25) is 0 Å². The van der Waals surface area contributed by atoms with Crippen molar-refractivity contribution in [2.45, 2.75) is 6.18 Å². The van der Waals surface area contributed by atoms with Gasteiger partial charge in [0.15, 0.2) is 5.11 Å². The van der Waals surface area contributed by atoms with Gasteiger partial charge in [-0.2, -0.15) is 18.3 Å². The zero-order valence-electron chi connectivity index (χ0n) is 14.9. The van der Waals surface area contributed by atoms with Gasteiger partial charge in [0.25, 0.3) is 0 Å². The van der Waals surface area contributed by atoms with Crippen molar-refractivity contribution in [3.8, 4) is 0 Å². The largest absolute Gasteiger partial charge is 0.416 e. The molecule has 0 aliphatic carbocycles. The number of benzene rings is 1. The number of anilines is 2. The van der Waals surface area contributed by atoms with Gasteiger partial charge in [-0.1, -0.05) is 6.07 Å². The Hall–Kier alpha value is -2.88. The third-order valence-corrected chi connectivity index (χ3v) is 4.39. The van der Waals surface area contributed by atoms with E-state index in [2.05, 4.69) is 32.6 Å². The lowest BCUT2D eigenvalue weighted by molar-refractivity contribution is -0.137. The molecule has 1 aliphatic rings. The molecule has 0 saturated carbocycles. The van der Waals surface area contributed by atoms with E-state index < -0.39 is 11.7 Å². The number of hydrazone groups is 1. The highest BCUT2D eigenvalue weighted by Crippen LogP contribution is 2.32. The molecule has 3 N–H and O–H groups in total. The number of rotatable bonds is 4. The average Bonchev–Trinajstić information content (AvgIpc) is 2.68. The van der Waals surface area contributed by atoms with E-state index in [9.17, 15) is 13.2 Å². The smallest absolute Gasteiger partial charge is 0.375 e. The van der Waals surface area contributed by atoms with Crippen molar-refractivity contribution in [1.29, 1.82) is 0 Å². The number of hydrogen-bond acceptors (Lipinski definition) is 5. The number of nitrogens with one attached hydrogen (secondary N) is 1. The van der Waals surface area contributed by atoms with Crippen LogP contribution in [0.4, 0.5) is 24.7 Å². The summed E-state index contributed by atoms with van der Waals surface area (Å²) in [6.45, 7) is 2.56. The fourth-order valence-electron chi connectivity index (χ4n) is 2.90. The Labute approximate surface area is 165 Å². The number of thiocarbonyl (C=S) groups is 1. The van der Waals surface area contributed by atoms with Crippen molar-refractivity contribution >= 4 is 35.1 Å². The summed E-state index contributed by atoms with van der Waals surface area (Å²) in [6.07, 6.45) is -1.10. The molecule has 0 radical (unpaired) electrons. The second kappa shape index (κ2) is 8.42. The maximum atomic E-state index is 12.9. The molecular formula is C18H19F3N6S. The Kier molecular flexibility index (Phi) is 5.98. The first-order chi connectivity index (χ1) is 13.3. The Morgan fingerprint density at radius 3 is 2.46 bits per heavy atom. The Bertz CT molecular complexity index is 845. The van der Waals surface area contributed by atoms with Gasteiger partial charge >= 0.3 is 6.18 Å². The standard InChI is InChI=1S/C18H19F3N6S/c19-18(20,21)14-2-1-3-15(10-14)26-6-8-27(9-7-26)16-5-4-13(11-23-16)12-24-25-17(22)28/h1-5,10-12H,6-9H2,(H3,22,25,28). The predicted octanol–water partition coefficient (Wildman–Crippen LogP) is 2.59. The van der Waals surface area contributed by atoms with Crippen LogP contribution < -0.4 is 21.0 Å². The van der Waals surface area contributed by atoms with E-state index in [0.29, 0.717) is 31.9 Å². The van der Waals surface area contributed by atoms with Crippen LogP contribution >= 0.6 is 12.2 Å². The van der Waals surface area contributed by atoms with Crippen LogP contribution in [0.1, 0.15) is 11.1 Å². The molecule has 2 heterocycles. The summed E-state index contributed by atoms with van der Waals surface area (Å²) < 4.78 is 38.7. The highest BCUT2D eigenvalue weighted by atomic mass is 32.1. The van der Waals surface area contributed by atoms with Gasteiger partial charge in [-0.25, -0.2) is 4.98 Å². The molecule has 1 fully saturated rings. The van der Waals surface area contributed by atoms with E-state index >= 15 is 0 Å². The molecule has 1 aromatic carbocycles. The van der Waals surface area contributed by atoms with Crippen molar-refractivity contribution in [3.05, 3.63) is 53.7 Å². The average molecular weight is 408 g/mol. The zero-order chi connectivity index (χ0) is 20.1. The lowest BCUT2D eigenvalue weighted by Gasteiger charge is -2.37. The van der Waals surface area contributed by atoms with Gasteiger partial charge in [0.1, 0.15) is 5.82 Å². The molecule has 148 valence electrons. The van der Waals surface area contributed by atoms with Gasteiger partial charge in [-0.15, -0.1) is 0 Å². The van der Waals surface area contributed by atoms with Crippen molar-refractivity contribution in [1.82, 2.24) is 10.4 Å². The Morgan fingerprint density at radius 1 is 1.14 bits per heavy atom. The van der Waals surface area contributed by atoms with Crippen molar-refractivity contribution in [2.75, 3.05) is 36.0 Å². The summed E-state index contributed by atoms with van der Waals surface area (Å²) in [5, 5.41) is 3.95. The van der Waals surface area contributed by atoms with Gasteiger partial charge in [0.05, 0.1) is 11.8 Å². The van der Waals surface area contributed by atoms with Crippen LogP contribution in [0.25, 0.3) is 0 Å². The van der Waals surface area contributed by atoms with Crippen molar-refractivity contribution in [2.24, 2.45) is 10.8 Å². The first-order valence-electron chi connectivity index (χ1n) is 8.54. The molecule has 1 aromatic heterocycles. The van der Waals surface area contributed by atoms with Crippen molar-refractivity contribution in [3.63, 3.8) is 0 Å². The number of hydrogen-bond donors (Lipinski definition) is 2. The third-order valence-electron chi connectivity index (χ3n) is 4.30. The molecule has 3 rings (SSSR count). The molecule has 0 atom stereocenters. The Balaban J connectivity index is 1.60. The van der Waals surface area contributed by atoms with Gasteiger partial charge in [-0.05, 0) is 42.5 Å². The number of alkyl halides is 3. The van der Waals surface area contributed by atoms with Crippen LogP contribution in [0.3, 0.4) is 0 Å². The minimum atomic E-state index is -4.34. The second-order valence-corrected chi connectivity index (χ2v) is 6.65. The van der Waals surface area contributed by atoms with Crippen LogP contribution in [-0.2, 0) is 6.18 Å². The van der Waals surface area contributed by atoms with Gasteiger partial charge in [-0.3, -0.25) is 5.43 Å². The van der Waals surface area contributed by atoms with E-state index in [1.54, 1.807) is 18.5 Å². The van der Waals surface area contributed by atoms with E-state index in [4.69, 9.17) is 5.73 Å². The van der Waals surface area contributed by atoms with E-state index in [-0.39, 0.29) is 5.11 Å². The molecule has 1 saturated heterocycles. The maximum absolute atomic E-state index is 12.9. The molecule has 28 heavy (non-hydrogen) atoms. The van der Waals surface area contributed by atoms with E-state index in [1.807, 2.05) is 17.0 Å². The third kappa shape index (κ3) is 5.10. The van der Waals surface area contributed by atoms with Gasteiger partial charge in [0.2, 0.25) is 0 Å². The number of nitrogens with two attached hydrogens (primary N) is 1. The normalized spacial score (nSPS) is 15.1. The SMILES string of the molecule is NC(=S)NN=Cc1ccc(N2CCN(c3cccc(C(F)(F)F)c3)CC2)nc1. The number of halogens is 3. The molecule has 0 unspecified atom stereocenters. The lowest BCUT2D eigenvalue weighted by atomic mass is 10.1. The molecule has 1 aliphatic heterocycles. The predicted molar refractivity (Wildman–Crippen MR) is 108 cm³/mol. The fourth-order valence-corrected chi connectivity index (χ4v) is 2.96. The van der Waals surface area contributed by atoms with Crippen molar-refractivity contribution < 1.29 is 13.2 Å². The fraction of sp³-hybridized carbons (Fsp3) is 0.278. The van der Waals surface area contributed by atoms with Crippen LogP contribution in [0.15, 0.2) is 47.7 Å². The minimum absolute atomic E-state index is 0.0828. The highest BCUT2D eigenvalue weighted by molar-refractivity contribution is 7.80. The Morgan fingerprint density at radius 2 is 1.86 bits per heavy atom. The number of piperazine rings is 1. The quantitative estimate of drug-likeness (QED) is 0.461. The first-order valence-corrected chi connectivity index (χ1v) is 8.95. The first kappa shape index (κ1) is 19.9. The summed E-state index contributed by atoms with van der Waals surface area (Å²) in [5.74, 6) is 0.808. The molecule has 10 heteroatoms. The summed E-state index contributed by atoms with van der Waals surface area (Å²) in [6, 6.07) is 9.18. The molecule has 0 amide bonds. The topological polar surface area (TPSA) is 69.8 Å². The molecule has 0 bridgehead atoms. The summed E-state index contributed by atoms with van der Waals surface area (Å²) in [7, 11) is 0. The van der Waals surface area contributed by atoms with Gasteiger partial charge in [0, 0.05) is 43.6 Å². The maximum Gasteiger partial charge on any atom is 0.416 e. The molecule has 2 aromatic rings. The number of nitrogens with zero attached hydrogens (tertiary/aromatic N) is 4. The van der Waals surface area contributed by atoms with Crippen LogP contribution in [0.5, 0.6) is 0 Å². The molecule has 6 nitrogen and oxygen atoms in total. The number of pyridine rings is 1. The lowest BCUT2D eigenvalue weighted by Crippen LogP contribution is -2.46. The monoisotopic (exact) mass is 408 g/mol.